The van der Waals surface area contributed by atoms with Gasteiger partial charge in [-0.1, -0.05) is 225 Å². The third-order valence-corrected chi connectivity index (χ3v) is 13.0. The van der Waals surface area contributed by atoms with Crippen LogP contribution in [-0.4, -0.2) is 74.9 Å². The Morgan fingerprint density at radius 3 is 1.20 bits per heavy atom. The fraction of sp³-hybridized carbons (Fsp3) is 0.656. The first-order valence-electron chi connectivity index (χ1n) is 29.3. The molecule has 0 amide bonds. The van der Waals surface area contributed by atoms with Gasteiger partial charge in [-0.25, -0.2) is 4.57 Å². The average molecular weight is 1050 g/mol. The summed E-state index contributed by atoms with van der Waals surface area (Å²) in [6.07, 6.45) is 77.0. The Morgan fingerprint density at radius 1 is 0.432 bits per heavy atom. The number of likely N-dealkylation sites (N-methyl/N-ethyl adjacent to an activating group) is 1. The van der Waals surface area contributed by atoms with Gasteiger partial charge in [0, 0.05) is 12.8 Å². The lowest BCUT2D eigenvalue weighted by molar-refractivity contribution is -0.870. The lowest BCUT2D eigenvalue weighted by Crippen LogP contribution is -2.37. The van der Waals surface area contributed by atoms with Crippen molar-refractivity contribution in [3.63, 3.8) is 0 Å². The van der Waals surface area contributed by atoms with E-state index >= 15 is 0 Å². The van der Waals surface area contributed by atoms with E-state index in [-0.39, 0.29) is 32.0 Å². The monoisotopic (exact) mass is 1050 g/mol. The molecule has 422 valence electrons. The van der Waals surface area contributed by atoms with Crippen molar-refractivity contribution >= 4 is 19.8 Å². The number of phosphoric ester groups is 1. The van der Waals surface area contributed by atoms with Crippen molar-refractivity contribution in [3.8, 4) is 0 Å². The van der Waals surface area contributed by atoms with Crippen molar-refractivity contribution < 1.29 is 42.1 Å². The molecule has 2 unspecified atom stereocenters. The van der Waals surface area contributed by atoms with Crippen LogP contribution in [0.3, 0.4) is 0 Å². The highest BCUT2D eigenvalue weighted by molar-refractivity contribution is 7.47. The van der Waals surface area contributed by atoms with Gasteiger partial charge in [0.25, 0.3) is 0 Å². The van der Waals surface area contributed by atoms with Gasteiger partial charge in [-0.05, 0) is 103 Å². The number of carbonyl (C=O) groups is 2. The Bertz CT molecular complexity index is 1660. The van der Waals surface area contributed by atoms with Crippen LogP contribution in [0.2, 0.25) is 0 Å². The number of hydrogen-bond donors (Lipinski definition) is 1. The van der Waals surface area contributed by atoms with Crippen LogP contribution in [0.5, 0.6) is 0 Å². The third-order valence-electron chi connectivity index (χ3n) is 12.0. The molecule has 0 fully saturated rings. The van der Waals surface area contributed by atoms with Crippen molar-refractivity contribution in [2.45, 2.75) is 225 Å². The second kappa shape index (κ2) is 54.2. The number of allylic oxidation sites excluding steroid dienone is 20. The molecule has 2 atom stereocenters. The summed E-state index contributed by atoms with van der Waals surface area (Å²) in [6.45, 7) is 4.24. The summed E-state index contributed by atoms with van der Waals surface area (Å²) in [4.78, 5) is 35.7. The molecule has 0 saturated carbocycles. The lowest BCUT2D eigenvalue weighted by Gasteiger charge is -2.24. The second-order valence-corrected chi connectivity index (χ2v) is 21.7. The topological polar surface area (TPSA) is 108 Å². The summed E-state index contributed by atoms with van der Waals surface area (Å²) in [5, 5.41) is 0. The summed E-state index contributed by atoms with van der Waals surface area (Å²) in [6, 6.07) is 0. The van der Waals surface area contributed by atoms with Crippen LogP contribution in [0.25, 0.3) is 0 Å². The minimum absolute atomic E-state index is 0.0140. The van der Waals surface area contributed by atoms with Crippen molar-refractivity contribution in [1.82, 2.24) is 0 Å². The van der Waals surface area contributed by atoms with Gasteiger partial charge < -0.3 is 18.9 Å². The molecular formula is C64H109NO8P+. The maximum absolute atomic E-state index is 12.8. The molecule has 0 aromatic heterocycles. The number of rotatable bonds is 52. The Morgan fingerprint density at radius 2 is 0.784 bits per heavy atom. The van der Waals surface area contributed by atoms with E-state index in [9.17, 15) is 19.0 Å². The first-order chi connectivity index (χ1) is 36.0. The molecule has 0 rings (SSSR count). The molecule has 0 bridgehead atoms. The SMILES string of the molecule is CC/C=C\C/C=C\C/C=C\C/C=C\C/C=C\C/C=C\C/C=C\C/C=C\C/C=C\CCCC(=O)OC(COC(=O)CCCCCCCCCCC/C=C\CCCCCCCCCC)COP(=O)(O)OCC[N+](C)(C)C. The fourth-order valence-electron chi connectivity index (χ4n) is 7.48. The molecule has 1 N–H and O–H groups in total. The number of phosphoric acid groups is 1. The van der Waals surface area contributed by atoms with Gasteiger partial charge >= 0.3 is 19.8 Å². The highest BCUT2D eigenvalue weighted by atomic mass is 31.2. The zero-order chi connectivity index (χ0) is 54.2. The number of ether oxygens (including phenoxy) is 2. The first kappa shape index (κ1) is 70.4. The Balaban J connectivity index is 4.33. The van der Waals surface area contributed by atoms with Gasteiger partial charge in [0.15, 0.2) is 6.10 Å². The second-order valence-electron chi connectivity index (χ2n) is 20.3. The molecule has 0 heterocycles. The van der Waals surface area contributed by atoms with E-state index in [1.807, 2.05) is 27.2 Å². The van der Waals surface area contributed by atoms with E-state index in [1.54, 1.807) is 0 Å². The van der Waals surface area contributed by atoms with Gasteiger partial charge in [-0.3, -0.25) is 18.6 Å². The Kier molecular flexibility index (Phi) is 51.6. The van der Waals surface area contributed by atoms with Crippen molar-refractivity contribution in [1.29, 1.82) is 0 Å². The Labute approximate surface area is 454 Å². The van der Waals surface area contributed by atoms with E-state index in [1.165, 1.54) is 103 Å². The number of hydrogen-bond acceptors (Lipinski definition) is 7. The Hall–Kier alpha value is -3.59. The molecule has 0 aromatic rings. The number of esters is 2. The molecule has 74 heavy (non-hydrogen) atoms. The minimum Gasteiger partial charge on any atom is -0.462 e. The number of carbonyl (C=O) groups excluding carboxylic acids is 2. The van der Waals surface area contributed by atoms with Gasteiger partial charge in [-0.2, -0.15) is 0 Å². The summed E-state index contributed by atoms with van der Waals surface area (Å²) in [5.41, 5.74) is 0. The third kappa shape index (κ3) is 57.7. The quantitative estimate of drug-likeness (QED) is 0.0211. The van der Waals surface area contributed by atoms with Gasteiger partial charge in [0.05, 0.1) is 27.7 Å². The van der Waals surface area contributed by atoms with Crippen LogP contribution in [-0.2, 0) is 32.7 Å². The predicted molar refractivity (Wildman–Crippen MR) is 316 cm³/mol. The smallest absolute Gasteiger partial charge is 0.462 e. The fourth-order valence-corrected chi connectivity index (χ4v) is 8.22. The van der Waals surface area contributed by atoms with E-state index < -0.39 is 26.5 Å². The van der Waals surface area contributed by atoms with Crippen LogP contribution in [0.1, 0.15) is 219 Å². The van der Waals surface area contributed by atoms with Crippen LogP contribution in [0, 0.1) is 0 Å². The normalized spacial score (nSPS) is 14.2. The molecule has 10 heteroatoms. The summed E-state index contributed by atoms with van der Waals surface area (Å²) in [5.74, 6) is -0.876. The highest BCUT2D eigenvalue weighted by Crippen LogP contribution is 2.43. The molecule has 0 aliphatic rings. The van der Waals surface area contributed by atoms with Crippen LogP contribution in [0.15, 0.2) is 122 Å². The lowest BCUT2D eigenvalue weighted by atomic mass is 10.1. The van der Waals surface area contributed by atoms with Crippen LogP contribution < -0.4 is 0 Å². The molecule has 0 aliphatic heterocycles. The molecule has 0 saturated heterocycles. The molecule has 0 aliphatic carbocycles. The molecular weight excluding hydrogens is 942 g/mol. The minimum atomic E-state index is -4.41. The van der Waals surface area contributed by atoms with E-state index in [0.717, 1.165) is 77.0 Å². The summed E-state index contributed by atoms with van der Waals surface area (Å²) in [7, 11) is 1.42. The van der Waals surface area contributed by atoms with Gasteiger partial charge in [0.1, 0.15) is 19.8 Å². The standard InChI is InChI=1S/C64H108NO8P/c1-6-8-10-12-14-16-18-20-22-24-26-28-29-30-31-32-33-34-35-37-39-41-43-45-47-49-51-53-55-57-64(67)73-62(61-72-74(68,69)71-59-58-65(3,4)5)60-70-63(66)56-54-52-50-48-46-44-42-40-38-36-27-25-23-21-19-17-15-13-11-9-7-2/h8,10,14,16,20,22,25-28,30-31,33-34,37,39,43,45,49,51,62H,6-7,9,11-13,15,17-19,21,23-24,29,32,35-36,38,40-42,44,46-48,50,52-61H2,1-5H3/p+1/b10-8-,16-14-,22-20-,27-25-,28-26-,31-30-,34-33-,39-37-,45-43-,51-49-. The number of unbranched alkanes of at least 4 members (excludes halogenated alkanes) is 18. The molecule has 0 spiro atoms. The van der Waals surface area contributed by atoms with Crippen LogP contribution in [0.4, 0.5) is 0 Å². The zero-order valence-electron chi connectivity index (χ0n) is 47.8. The van der Waals surface area contributed by atoms with Crippen molar-refractivity contribution in [3.05, 3.63) is 122 Å². The van der Waals surface area contributed by atoms with Gasteiger partial charge in [0.2, 0.25) is 0 Å². The van der Waals surface area contributed by atoms with E-state index in [2.05, 4.69) is 129 Å². The number of quaternary nitrogens is 1. The molecule has 9 nitrogen and oxygen atoms in total. The molecule has 0 radical (unpaired) electrons. The number of nitrogens with zero attached hydrogens (tertiary/aromatic N) is 1. The first-order valence-corrected chi connectivity index (χ1v) is 30.8. The highest BCUT2D eigenvalue weighted by Gasteiger charge is 2.27. The maximum Gasteiger partial charge on any atom is 0.472 e. The summed E-state index contributed by atoms with van der Waals surface area (Å²) < 4.78 is 34.5. The van der Waals surface area contributed by atoms with Crippen LogP contribution >= 0.6 is 7.82 Å². The van der Waals surface area contributed by atoms with Crippen molar-refractivity contribution in [2.24, 2.45) is 0 Å². The van der Waals surface area contributed by atoms with Gasteiger partial charge in [-0.15, -0.1) is 0 Å². The zero-order valence-corrected chi connectivity index (χ0v) is 48.7. The molecule has 0 aromatic carbocycles. The van der Waals surface area contributed by atoms with Crippen molar-refractivity contribution in [2.75, 3.05) is 47.5 Å². The predicted octanol–water partition coefficient (Wildman–Crippen LogP) is 18.4. The summed E-state index contributed by atoms with van der Waals surface area (Å²) >= 11 is 0. The van der Waals surface area contributed by atoms with E-state index in [0.29, 0.717) is 23.9 Å². The average Bonchev–Trinajstić information content (AvgIpc) is 3.36. The largest absolute Gasteiger partial charge is 0.472 e. The van der Waals surface area contributed by atoms with E-state index in [4.69, 9.17) is 18.5 Å². The maximum atomic E-state index is 12.8.